The van der Waals surface area contributed by atoms with E-state index in [-0.39, 0.29) is 17.9 Å². The molecule has 0 aromatic carbocycles. The zero-order valence-corrected chi connectivity index (χ0v) is 18.2. The topological polar surface area (TPSA) is 68.3 Å². The van der Waals surface area contributed by atoms with Gasteiger partial charge >= 0.3 is 5.97 Å². The van der Waals surface area contributed by atoms with E-state index < -0.39 is 10.2 Å². The van der Waals surface area contributed by atoms with Crippen LogP contribution in [0.5, 0.6) is 0 Å². The van der Waals surface area contributed by atoms with Gasteiger partial charge in [-0.3, -0.25) is 9.59 Å². The van der Waals surface area contributed by atoms with Gasteiger partial charge in [-0.05, 0) is 57.0 Å². The monoisotopic (exact) mass is 448 g/mol. The van der Waals surface area contributed by atoms with Crippen LogP contribution in [0.1, 0.15) is 34.1 Å². The molecule has 0 fully saturated rings. The molecule has 5 nitrogen and oxygen atoms in total. The standard InChI is InChI=1S/C17H25BrN2O3S2/c1-12(2)20-15(21)13(18)11-17(3,4)16(22)23-9-10-24-25-14-7-5-6-8-19-14/h5-8,12-13H,9-11H2,1-4H3,(H,20,21). The Morgan fingerprint density at radius 3 is 2.68 bits per heavy atom. The van der Waals surface area contributed by atoms with Gasteiger partial charge in [-0.1, -0.05) is 32.8 Å². The highest BCUT2D eigenvalue weighted by Gasteiger charge is 2.34. The van der Waals surface area contributed by atoms with E-state index in [0.29, 0.717) is 18.8 Å². The Balaban J connectivity index is 2.30. The minimum atomic E-state index is -0.735. The Kier molecular flexibility index (Phi) is 9.89. The molecule has 1 atom stereocenters. The van der Waals surface area contributed by atoms with E-state index >= 15 is 0 Å². The number of carbonyl (C=O) groups excluding carboxylic acids is 2. The van der Waals surface area contributed by atoms with Crippen LogP contribution >= 0.6 is 37.5 Å². The van der Waals surface area contributed by atoms with Crippen LogP contribution < -0.4 is 5.32 Å². The fourth-order valence-electron chi connectivity index (χ4n) is 1.86. The van der Waals surface area contributed by atoms with Gasteiger partial charge in [0.05, 0.1) is 10.2 Å². The molecule has 0 spiro atoms. The molecular formula is C17H25BrN2O3S2. The Bertz CT molecular complexity index is 556. The number of hydrogen-bond donors (Lipinski definition) is 1. The summed E-state index contributed by atoms with van der Waals surface area (Å²) in [5.41, 5.74) is -0.735. The van der Waals surface area contributed by atoms with Crippen LogP contribution in [0.15, 0.2) is 29.4 Å². The fourth-order valence-corrected chi connectivity index (χ4v) is 4.51. The number of halogens is 1. The summed E-state index contributed by atoms with van der Waals surface area (Å²) in [5.74, 6) is 0.269. The summed E-state index contributed by atoms with van der Waals surface area (Å²) in [6.45, 7) is 7.72. The van der Waals surface area contributed by atoms with Crippen LogP contribution in [0.4, 0.5) is 0 Å². The molecule has 25 heavy (non-hydrogen) atoms. The molecule has 0 saturated heterocycles. The highest BCUT2D eigenvalue weighted by Crippen LogP contribution is 2.30. The van der Waals surface area contributed by atoms with Crippen molar-refractivity contribution < 1.29 is 14.3 Å². The number of pyridine rings is 1. The minimum absolute atomic E-state index is 0.0660. The number of hydrogen-bond acceptors (Lipinski definition) is 6. The predicted octanol–water partition coefficient (Wildman–Crippen LogP) is 4.07. The van der Waals surface area contributed by atoms with Crippen molar-refractivity contribution in [1.82, 2.24) is 10.3 Å². The van der Waals surface area contributed by atoms with E-state index in [9.17, 15) is 9.59 Å². The van der Waals surface area contributed by atoms with Gasteiger partial charge in [0.2, 0.25) is 5.91 Å². The third-order valence-corrected chi connectivity index (χ3v) is 6.11. The van der Waals surface area contributed by atoms with E-state index in [1.165, 1.54) is 0 Å². The molecule has 0 aliphatic rings. The second kappa shape index (κ2) is 11.1. The predicted molar refractivity (Wildman–Crippen MR) is 108 cm³/mol. The maximum Gasteiger partial charge on any atom is 0.311 e. The van der Waals surface area contributed by atoms with Crippen LogP contribution in [-0.2, 0) is 14.3 Å². The van der Waals surface area contributed by atoms with E-state index in [1.54, 1.807) is 41.6 Å². The lowest BCUT2D eigenvalue weighted by atomic mass is 9.87. The van der Waals surface area contributed by atoms with E-state index in [1.807, 2.05) is 32.0 Å². The van der Waals surface area contributed by atoms with Crippen LogP contribution in [-0.4, -0.2) is 40.1 Å². The summed E-state index contributed by atoms with van der Waals surface area (Å²) < 4.78 is 5.36. The van der Waals surface area contributed by atoms with Crippen molar-refractivity contribution in [3.05, 3.63) is 24.4 Å². The van der Waals surface area contributed by atoms with E-state index in [2.05, 4.69) is 26.2 Å². The molecule has 0 aliphatic carbocycles. The van der Waals surface area contributed by atoms with Crippen molar-refractivity contribution >= 4 is 49.4 Å². The number of nitrogens with one attached hydrogen (secondary N) is 1. The van der Waals surface area contributed by atoms with Crippen molar-refractivity contribution in [2.45, 2.75) is 50.0 Å². The van der Waals surface area contributed by atoms with Gasteiger partial charge in [-0.15, -0.1) is 0 Å². The summed E-state index contributed by atoms with van der Waals surface area (Å²) in [6.07, 6.45) is 2.12. The van der Waals surface area contributed by atoms with Crippen LogP contribution in [0.3, 0.4) is 0 Å². The van der Waals surface area contributed by atoms with Gasteiger partial charge in [-0.25, -0.2) is 4.98 Å². The number of carbonyl (C=O) groups is 2. The zero-order valence-electron chi connectivity index (χ0n) is 15.0. The highest BCUT2D eigenvalue weighted by molar-refractivity contribution is 9.10. The molecule has 1 aromatic heterocycles. The van der Waals surface area contributed by atoms with Gasteiger partial charge in [0, 0.05) is 18.0 Å². The lowest BCUT2D eigenvalue weighted by Gasteiger charge is -2.25. The summed E-state index contributed by atoms with van der Waals surface area (Å²) in [7, 11) is 3.14. The normalized spacial score (nSPS) is 12.7. The highest BCUT2D eigenvalue weighted by atomic mass is 79.9. The van der Waals surface area contributed by atoms with Gasteiger partial charge in [0.25, 0.3) is 0 Å². The number of alkyl halides is 1. The maximum absolute atomic E-state index is 12.3. The first-order valence-electron chi connectivity index (χ1n) is 8.04. The molecule has 1 heterocycles. The van der Waals surface area contributed by atoms with E-state index in [0.717, 1.165) is 5.03 Å². The quantitative estimate of drug-likeness (QED) is 0.251. The molecule has 0 bridgehead atoms. The SMILES string of the molecule is CC(C)NC(=O)C(Br)CC(C)(C)C(=O)OCCSSc1ccccn1. The first-order chi connectivity index (χ1) is 11.7. The van der Waals surface area contributed by atoms with Crippen molar-refractivity contribution in [3.63, 3.8) is 0 Å². The third kappa shape index (κ3) is 8.96. The molecule has 0 saturated carbocycles. The maximum atomic E-state index is 12.3. The van der Waals surface area contributed by atoms with Gasteiger partial charge < -0.3 is 10.1 Å². The second-order valence-corrected chi connectivity index (χ2v) is 9.97. The van der Waals surface area contributed by atoms with Crippen molar-refractivity contribution in [1.29, 1.82) is 0 Å². The van der Waals surface area contributed by atoms with Crippen molar-refractivity contribution in [3.8, 4) is 0 Å². The first-order valence-corrected chi connectivity index (χ1v) is 11.3. The number of amides is 1. The average molecular weight is 449 g/mol. The summed E-state index contributed by atoms with van der Waals surface area (Å²) in [6, 6.07) is 5.81. The molecule has 0 aliphatic heterocycles. The molecule has 1 unspecified atom stereocenters. The largest absolute Gasteiger partial charge is 0.464 e. The number of esters is 1. The molecule has 1 rings (SSSR count). The Labute approximate surface area is 166 Å². The van der Waals surface area contributed by atoms with Gasteiger partial charge in [-0.2, -0.15) is 0 Å². The number of rotatable bonds is 10. The number of nitrogens with zero attached hydrogens (tertiary/aromatic N) is 1. The van der Waals surface area contributed by atoms with E-state index in [4.69, 9.17) is 4.74 Å². The third-order valence-electron chi connectivity index (χ3n) is 3.14. The molecular weight excluding hydrogens is 424 g/mol. The summed E-state index contributed by atoms with van der Waals surface area (Å²) in [4.78, 5) is 28.0. The Morgan fingerprint density at radius 1 is 1.36 bits per heavy atom. The second-order valence-electron chi connectivity index (χ2n) is 6.43. The van der Waals surface area contributed by atoms with Crippen LogP contribution in [0, 0.1) is 5.41 Å². The molecule has 140 valence electrons. The molecule has 1 aromatic rings. The molecule has 8 heteroatoms. The molecule has 1 N–H and O–H groups in total. The minimum Gasteiger partial charge on any atom is -0.464 e. The molecule has 0 radical (unpaired) electrons. The smallest absolute Gasteiger partial charge is 0.311 e. The number of ether oxygens (including phenoxy) is 1. The van der Waals surface area contributed by atoms with Crippen LogP contribution in [0.2, 0.25) is 0 Å². The Morgan fingerprint density at radius 2 is 2.08 bits per heavy atom. The number of aromatic nitrogens is 1. The molecule has 1 amide bonds. The lowest BCUT2D eigenvalue weighted by Crippen LogP contribution is -2.40. The zero-order chi connectivity index (χ0) is 18.9. The average Bonchev–Trinajstić information content (AvgIpc) is 2.54. The fraction of sp³-hybridized carbons (Fsp3) is 0.588. The first kappa shape index (κ1) is 22.3. The summed E-state index contributed by atoms with van der Waals surface area (Å²) >= 11 is 3.36. The van der Waals surface area contributed by atoms with Crippen LogP contribution in [0.25, 0.3) is 0 Å². The Hall–Kier alpha value is -0.730. The van der Waals surface area contributed by atoms with Crippen molar-refractivity contribution in [2.75, 3.05) is 12.4 Å². The summed E-state index contributed by atoms with van der Waals surface area (Å²) in [5, 5.41) is 3.76. The van der Waals surface area contributed by atoms with Gasteiger partial charge in [0.1, 0.15) is 11.6 Å². The lowest BCUT2D eigenvalue weighted by molar-refractivity contribution is -0.153. The van der Waals surface area contributed by atoms with Crippen molar-refractivity contribution in [2.24, 2.45) is 5.41 Å². The van der Waals surface area contributed by atoms with Gasteiger partial charge in [0.15, 0.2) is 0 Å².